The lowest BCUT2D eigenvalue weighted by Gasteiger charge is -2.22. The highest BCUT2D eigenvalue weighted by Gasteiger charge is 2.14. The zero-order valence-corrected chi connectivity index (χ0v) is 14.6. The number of primary sulfonamides is 1. The summed E-state index contributed by atoms with van der Waals surface area (Å²) < 4.78 is 22.3. The van der Waals surface area contributed by atoms with E-state index < -0.39 is 10.0 Å². The summed E-state index contributed by atoms with van der Waals surface area (Å²) in [5, 5.41) is 11.2. The molecule has 0 aromatic heterocycles. The Morgan fingerprint density at radius 3 is 2.39 bits per heavy atom. The van der Waals surface area contributed by atoms with E-state index in [2.05, 4.69) is 10.6 Å². The van der Waals surface area contributed by atoms with Crippen molar-refractivity contribution in [3.8, 4) is 0 Å². The van der Waals surface area contributed by atoms with Gasteiger partial charge >= 0.3 is 0 Å². The largest absolute Gasteiger partial charge is 0.352 e. The maximum absolute atomic E-state index is 11.8. The van der Waals surface area contributed by atoms with Crippen molar-refractivity contribution in [3.05, 3.63) is 29.8 Å². The van der Waals surface area contributed by atoms with Crippen LogP contribution in [0.3, 0.4) is 0 Å². The SMILES string of the molecule is Cl.NS(=O)(=O)c1ccc(CNC(=O)CCC2CCNCC2)cc1. The number of amides is 1. The van der Waals surface area contributed by atoms with E-state index in [-0.39, 0.29) is 23.2 Å². The normalized spacial score (nSPS) is 15.7. The van der Waals surface area contributed by atoms with Gasteiger partial charge in [0.15, 0.2) is 0 Å². The highest BCUT2D eigenvalue weighted by molar-refractivity contribution is 7.89. The summed E-state index contributed by atoms with van der Waals surface area (Å²) in [6.45, 7) is 2.49. The van der Waals surface area contributed by atoms with Crippen molar-refractivity contribution in [2.75, 3.05) is 13.1 Å². The maximum Gasteiger partial charge on any atom is 0.238 e. The van der Waals surface area contributed by atoms with E-state index in [1.807, 2.05) is 0 Å². The molecule has 4 N–H and O–H groups in total. The third-order valence-corrected chi connectivity index (χ3v) is 4.91. The van der Waals surface area contributed by atoms with Crippen molar-refractivity contribution in [2.24, 2.45) is 11.1 Å². The predicted octanol–water partition coefficient (Wildman–Crippen LogP) is 1.15. The number of sulfonamides is 1. The Labute approximate surface area is 143 Å². The molecule has 6 nitrogen and oxygen atoms in total. The summed E-state index contributed by atoms with van der Waals surface area (Å²) in [6, 6.07) is 6.22. The Bertz CT molecular complexity index is 599. The number of rotatable bonds is 6. The summed E-state index contributed by atoms with van der Waals surface area (Å²) in [5.74, 6) is 0.676. The minimum atomic E-state index is -3.66. The van der Waals surface area contributed by atoms with Gasteiger partial charge in [0, 0.05) is 13.0 Å². The van der Waals surface area contributed by atoms with Gasteiger partial charge in [-0.2, -0.15) is 0 Å². The number of nitrogens with two attached hydrogens (primary N) is 1. The van der Waals surface area contributed by atoms with Crippen molar-refractivity contribution in [1.82, 2.24) is 10.6 Å². The van der Waals surface area contributed by atoms with E-state index in [1.54, 1.807) is 12.1 Å². The Hall–Kier alpha value is -1.15. The van der Waals surface area contributed by atoms with Gasteiger partial charge in [0.2, 0.25) is 15.9 Å². The van der Waals surface area contributed by atoms with E-state index >= 15 is 0 Å². The molecule has 1 aromatic carbocycles. The first kappa shape index (κ1) is 19.9. The van der Waals surface area contributed by atoms with Crippen LogP contribution in [0.5, 0.6) is 0 Å². The molecule has 1 aliphatic heterocycles. The molecule has 23 heavy (non-hydrogen) atoms. The van der Waals surface area contributed by atoms with Crippen LogP contribution in [0.1, 0.15) is 31.2 Å². The van der Waals surface area contributed by atoms with E-state index in [4.69, 9.17) is 5.14 Å². The molecule has 0 atom stereocenters. The van der Waals surface area contributed by atoms with Gasteiger partial charge < -0.3 is 10.6 Å². The highest BCUT2D eigenvalue weighted by atomic mass is 35.5. The van der Waals surface area contributed by atoms with Crippen LogP contribution in [0.2, 0.25) is 0 Å². The van der Waals surface area contributed by atoms with E-state index in [9.17, 15) is 13.2 Å². The number of hydrogen-bond donors (Lipinski definition) is 3. The summed E-state index contributed by atoms with van der Waals surface area (Å²) in [4.78, 5) is 11.9. The fourth-order valence-electron chi connectivity index (χ4n) is 2.59. The molecular weight excluding hydrogens is 338 g/mol. The van der Waals surface area contributed by atoms with E-state index in [0.29, 0.717) is 18.9 Å². The second-order valence-corrected chi connectivity index (χ2v) is 7.26. The molecule has 0 aliphatic carbocycles. The van der Waals surface area contributed by atoms with Gasteiger partial charge in [0.1, 0.15) is 0 Å². The van der Waals surface area contributed by atoms with Gasteiger partial charge in [0.05, 0.1) is 4.90 Å². The van der Waals surface area contributed by atoms with Crippen molar-refractivity contribution < 1.29 is 13.2 Å². The van der Waals surface area contributed by atoms with Crippen molar-refractivity contribution >= 4 is 28.3 Å². The van der Waals surface area contributed by atoms with Gasteiger partial charge in [-0.1, -0.05) is 12.1 Å². The highest BCUT2D eigenvalue weighted by Crippen LogP contribution is 2.17. The summed E-state index contributed by atoms with van der Waals surface area (Å²) in [5.41, 5.74) is 0.850. The fraction of sp³-hybridized carbons (Fsp3) is 0.533. The minimum Gasteiger partial charge on any atom is -0.352 e. The summed E-state index contributed by atoms with van der Waals surface area (Å²) >= 11 is 0. The second kappa shape index (κ2) is 9.22. The van der Waals surface area contributed by atoms with Crippen LogP contribution in [0, 0.1) is 5.92 Å². The van der Waals surface area contributed by atoms with Crippen molar-refractivity contribution in [1.29, 1.82) is 0 Å². The molecule has 8 heteroatoms. The number of piperidine rings is 1. The number of benzene rings is 1. The molecule has 1 aromatic rings. The summed E-state index contributed by atoms with van der Waals surface area (Å²) in [7, 11) is -3.66. The number of carbonyl (C=O) groups excluding carboxylic acids is 1. The maximum atomic E-state index is 11.8. The monoisotopic (exact) mass is 361 g/mol. The van der Waals surface area contributed by atoms with Gasteiger partial charge in [-0.15, -0.1) is 12.4 Å². The van der Waals surface area contributed by atoms with E-state index in [1.165, 1.54) is 12.1 Å². The average Bonchev–Trinajstić information content (AvgIpc) is 2.51. The summed E-state index contributed by atoms with van der Waals surface area (Å²) in [6.07, 6.45) is 3.75. The quantitative estimate of drug-likeness (QED) is 0.707. The third-order valence-electron chi connectivity index (χ3n) is 3.98. The number of hydrogen-bond acceptors (Lipinski definition) is 4. The Morgan fingerprint density at radius 2 is 1.83 bits per heavy atom. The molecule has 0 radical (unpaired) electrons. The number of nitrogens with one attached hydrogen (secondary N) is 2. The lowest BCUT2D eigenvalue weighted by atomic mass is 9.93. The van der Waals surface area contributed by atoms with E-state index in [0.717, 1.165) is 37.9 Å². The third kappa shape index (κ3) is 6.87. The molecule has 1 fully saturated rings. The minimum absolute atomic E-state index is 0. The zero-order valence-electron chi connectivity index (χ0n) is 13.0. The second-order valence-electron chi connectivity index (χ2n) is 5.70. The first-order chi connectivity index (χ1) is 10.4. The molecule has 1 amide bonds. The van der Waals surface area contributed by atoms with Gasteiger partial charge in [-0.25, -0.2) is 13.6 Å². The van der Waals surface area contributed by atoms with Gasteiger partial charge in [-0.3, -0.25) is 4.79 Å². The average molecular weight is 362 g/mol. The zero-order chi connectivity index (χ0) is 16.0. The van der Waals surface area contributed by atoms with Crippen molar-refractivity contribution in [2.45, 2.75) is 37.1 Å². The molecule has 1 saturated heterocycles. The number of halogens is 1. The Kier molecular flexibility index (Phi) is 7.98. The molecule has 0 bridgehead atoms. The smallest absolute Gasteiger partial charge is 0.238 e. The topological polar surface area (TPSA) is 101 Å². The Morgan fingerprint density at radius 1 is 1.22 bits per heavy atom. The fourth-order valence-corrected chi connectivity index (χ4v) is 3.11. The van der Waals surface area contributed by atoms with Crippen LogP contribution in [-0.4, -0.2) is 27.4 Å². The molecule has 0 saturated carbocycles. The van der Waals surface area contributed by atoms with Gasteiger partial charge in [0.25, 0.3) is 0 Å². The molecule has 2 rings (SSSR count). The van der Waals surface area contributed by atoms with Crippen LogP contribution in [-0.2, 0) is 21.4 Å². The molecule has 130 valence electrons. The lowest BCUT2D eigenvalue weighted by molar-refractivity contribution is -0.121. The molecule has 1 aliphatic rings. The van der Waals surface area contributed by atoms with Crippen LogP contribution < -0.4 is 15.8 Å². The predicted molar refractivity (Wildman–Crippen MR) is 91.7 cm³/mol. The molecule has 1 heterocycles. The number of carbonyl (C=O) groups is 1. The van der Waals surface area contributed by atoms with Crippen LogP contribution >= 0.6 is 12.4 Å². The van der Waals surface area contributed by atoms with Gasteiger partial charge in [-0.05, 0) is 56.0 Å². The molecular formula is C15H24ClN3O3S. The molecule has 0 spiro atoms. The van der Waals surface area contributed by atoms with Crippen molar-refractivity contribution in [3.63, 3.8) is 0 Å². The van der Waals surface area contributed by atoms with Crippen LogP contribution in [0.15, 0.2) is 29.2 Å². The lowest BCUT2D eigenvalue weighted by Crippen LogP contribution is -2.29. The Balaban J connectivity index is 0.00000264. The molecule has 0 unspecified atom stereocenters. The first-order valence-electron chi connectivity index (χ1n) is 7.54. The first-order valence-corrected chi connectivity index (χ1v) is 9.09. The van der Waals surface area contributed by atoms with Crippen LogP contribution in [0.25, 0.3) is 0 Å². The standard InChI is InChI=1S/C15H23N3O3S.ClH/c16-22(20,21)14-4-1-13(2-5-14)11-18-15(19)6-3-12-7-9-17-10-8-12;/h1-2,4-5,12,17H,3,6-11H2,(H,18,19)(H2,16,20,21);1H. The van der Waals surface area contributed by atoms with Crippen LogP contribution in [0.4, 0.5) is 0 Å².